The molecule has 158 valence electrons. The van der Waals surface area contributed by atoms with Crippen LogP contribution in [0.2, 0.25) is 0 Å². The van der Waals surface area contributed by atoms with E-state index in [2.05, 4.69) is 15.0 Å². The van der Waals surface area contributed by atoms with Crippen LogP contribution in [0.3, 0.4) is 0 Å². The van der Waals surface area contributed by atoms with Gasteiger partial charge in [-0.2, -0.15) is 4.31 Å². The zero-order valence-corrected chi connectivity index (χ0v) is 17.5. The van der Waals surface area contributed by atoms with Gasteiger partial charge in [0.05, 0.1) is 15.9 Å². The highest BCUT2D eigenvalue weighted by atomic mass is 32.2. The second-order valence-corrected chi connectivity index (χ2v) is 9.11. The Labute approximate surface area is 178 Å². The van der Waals surface area contributed by atoms with Crippen LogP contribution in [0.1, 0.15) is 16.7 Å². The van der Waals surface area contributed by atoms with E-state index >= 15 is 0 Å². The third-order valence-electron chi connectivity index (χ3n) is 5.02. The van der Waals surface area contributed by atoms with Crippen molar-refractivity contribution in [3.05, 3.63) is 104 Å². The monoisotopic (exact) mass is 436 g/mol. The fourth-order valence-electron chi connectivity index (χ4n) is 3.30. The van der Waals surface area contributed by atoms with Gasteiger partial charge in [0.15, 0.2) is 0 Å². The largest absolute Gasteiger partial charge is 0.316 e. The predicted octanol–water partition coefficient (Wildman–Crippen LogP) is 2.31. The molecule has 0 aliphatic carbocycles. The van der Waals surface area contributed by atoms with Crippen LogP contribution in [-0.2, 0) is 23.1 Å². The molecule has 0 saturated carbocycles. The number of H-pyrrole nitrogens is 2. The van der Waals surface area contributed by atoms with Crippen LogP contribution in [-0.4, -0.2) is 27.7 Å². The summed E-state index contributed by atoms with van der Waals surface area (Å²) in [5, 5.41) is 0. The van der Waals surface area contributed by atoms with Gasteiger partial charge >= 0.3 is 11.1 Å². The number of nitrogens with one attached hydrogen (secondary N) is 2. The molecule has 0 amide bonds. The van der Waals surface area contributed by atoms with E-state index in [4.69, 9.17) is 0 Å². The van der Waals surface area contributed by atoms with Crippen molar-refractivity contribution in [2.24, 2.45) is 0 Å². The molecule has 0 aliphatic heterocycles. The SMILES string of the molecule is Cc1ccccc1CN(Cc1cccnc1)S(=O)(=O)c1ccc2[nH]c(=O)c(=O)[nH]c2c1. The minimum Gasteiger partial charge on any atom is -0.316 e. The second-order valence-electron chi connectivity index (χ2n) is 7.18. The van der Waals surface area contributed by atoms with Gasteiger partial charge in [-0.25, -0.2) is 8.42 Å². The van der Waals surface area contributed by atoms with Gasteiger partial charge in [-0.1, -0.05) is 30.3 Å². The fraction of sp³-hybridized carbons (Fsp3) is 0.136. The van der Waals surface area contributed by atoms with Crippen LogP contribution in [0.4, 0.5) is 0 Å². The molecule has 2 aromatic carbocycles. The van der Waals surface area contributed by atoms with E-state index in [1.165, 1.54) is 22.5 Å². The Hall–Kier alpha value is -3.56. The lowest BCUT2D eigenvalue weighted by Crippen LogP contribution is -2.31. The Balaban J connectivity index is 1.79. The van der Waals surface area contributed by atoms with Gasteiger partial charge in [0, 0.05) is 25.5 Å². The van der Waals surface area contributed by atoms with Gasteiger partial charge < -0.3 is 9.97 Å². The highest BCUT2D eigenvalue weighted by Crippen LogP contribution is 2.24. The number of hydrogen-bond donors (Lipinski definition) is 2. The summed E-state index contributed by atoms with van der Waals surface area (Å²) in [7, 11) is -3.94. The van der Waals surface area contributed by atoms with Crippen molar-refractivity contribution < 1.29 is 8.42 Å². The van der Waals surface area contributed by atoms with Crippen LogP contribution in [0, 0.1) is 6.92 Å². The number of aromatic nitrogens is 3. The van der Waals surface area contributed by atoms with Gasteiger partial charge in [-0.05, 0) is 47.9 Å². The molecule has 0 bridgehead atoms. The number of pyridine rings is 1. The molecule has 31 heavy (non-hydrogen) atoms. The maximum atomic E-state index is 13.6. The molecule has 8 nitrogen and oxygen atoms in total. The Morgan fingerprint density at radius 3 is 2.35 bits per heavy atom. The maximum Gasteiger partial charge on any atom is 0.314 e. The number of benzene rings is 2. The van der Waals surface area contributed by atoms with Crippen molar-refractivity contribution in [1.29, 1.82) is 0 Å². The second kappa shape index (κ2) is 8.29. The first-order valence-corrected chi connectivity index (χ1v) is 11.0. The molecule has 0 spiro atoms. The summed E-state index contributed by atoms with van der Waals surface area (Å²) >= 11 is 0. The standard InChI is InChI=1S/C22H20N4O4S/c1-15-5-2-3-7-17(15)14-26(13-16-6-4-10-23-12-16)31(29,30)18-8-9-19-20(11-18)25-22(28)21(27)24-19/h2-12H,13-14H2,1H3,(H,24,27)(H,25,28). The number of hydrogen-bond acceptors (Lipinski definition) is 5. The lowest BCUT2D eigenvalue weighted by Gasteiger charge is -2.23. The minimum absolute atomic E-state index is 0.0140. The number of sulfonamides is 1. The molecule has 0 fully saturated rings. The van der Waals surface area contributed by atoms with Crippen molar-refractivity contribution in [1.82, 2.24) is 19.3 Å². The number of nitrogens with zero attached hydrogens (tertiary/aromatic N) is 2. The molecular weight excluding hydrogens is 416 g/mol. The summed E-state index contributed by atoms with van der Waals surface area (Å²) in [6.45, 7) is 2.23. The third-order valence-corrected chi connectivity index (χ3v) is 6.81. The molecule has 4 aromatic rings. The maximum absolute atomic E-state index is 13.6. The molecule has 2 aromatic heterocycles. The van der Waals surface area contributed by atoms with Crippen molar-refractivity contribution in [2.45, 2.75) is 24.9 Å². The lowest BCUT2D eigenvalue weighted by molar-refractivity contribution is 0.400. The van der Waals surface area contributed by atoms with Crippen molar-refractivity contribution in [3.63, 3.8) is 0 Å². The summed E-state index contributed by atoms with van der Waals surface area (Å²) in [5.74, 6) is 0. The van der Waals surface area contributed by atoms with Crippen LogP contribution in [0.15, 0.2) is 81.5 Å². The number of aromatic amines is 2. The number of rotatable bonds is 6. The van der Waals surface area contributed by atoms with Crippen LogP contribution >= 0.6 is 0 Å². The topological polar surface area (TPSA) is 116 Å². The normalized spacial score (nSPS) is 11.8. The number of aryl methyl sites for hydroxylation is 1. The molecule has 0 radical (unpaired) electrons. The number of fused-ring (bicyclic) bond motifs is 1. The first-order chi connectivity index (χ1) is 14.8. The van der Waals surface area contributed by atoms with Crippen LogP contribution in [0.25, 0.3) is 11.0 Å². The van der Waals surface area contributed by atoms with Gasteiger partial charge in [-0.3, -0.25) is 14.6 Å². The average molecular weight is 436 g/mol. The Kier molecular flexibility index (Phi) is 5.53. The smallest absolute Gasteiger partial charge is 0.314 e. The van der Waals surface area contributed by atoms with Gasteiger partial charge in [0.1, 0.15) is 0 Å². The third kappa shape index (κ3) is 4.32. The zero-order chi connectivity index (χ0) is 22.0. The van der Waals surface area contributed by atoms with E-state index in [-0.39, 0.29) is 23.5 Å². The molecule has 0 aliphatic rings. The molecule has 0 unspecified atom stereocenters. The van der Waals surface area contributed by atoms with E-state index in [0.29, 0.717) is 5.52 Å². The lowest BCUT2D eigenvalue weighted by atomic mass is 10.1. The van der Waals surface area contributed by atoms with Gasteiger partial charge in [-0.15, -0.1) is 0 Å². The minimum atomic E-state index is -3.94. The van der Waals surface area contributed by atoms with Crippen LogP contribution < -0.4 is 11.1 Å². The molecule has 9 heteroatoms. The first kappa shape index (κ1) is 20.7. The Morgan fingerprint density at radius 1 is 0.903 bits per heavy atom. The quantitative estimate of drug-likeness (QED) is 0.450. The summed E-state index contributed by atoms with van der Waals surface area (Å²) in [4.78, 5) is 32.2. The molecular formula is C22H20N4O4S. The van der Waals surface area contributed by atoms with Crippen LogP contribution in [0.5, 0.6) is 0 Å². The van der Waals surface area contributed by atoms with E-state index < -0.39 is 21.1 Å². The van der Waals surface area contributed by atoms with Crippen molar-refractivity contribution >= 4 is 21.1 Å². The Bertz CT molecular complexity index is 1460. The zero-order valence-electron chi connectivity index (χ0n) is 16.7. The summed E-state index contributed by atoms with van der Waals surface area (Å²) in [6, 6.07) is 15.4. The Morgan fingerprint density at radius 2 is 1.65 bits per heavy atom. The molecule has 0 atom stereocenters. The van der Waals surface area contributed by atoms with E-state index in [1.54, 1.807) is 18.5 Å². The summed E-state index contributed by atoms with van der Waals surface area (Å²) in [6.07, 6.45) is 3.26. The van der Waals surface area contributed by atoms with Crippen molar-refractivity contribution in [2.75, 3.05) is 0 Å². The van der Waals surface area contributed by atoms with Gasteiger partial charge in [0.2, 0.25) is 10.0 Å². The molecule has 0 saturated heterocycles. The fourth-order valence-corrected chi connectivity index (χ4v) is 4.74. The predicted molar refractivity (Wildman–Crippen MR) is 117 cm³/mol. The van der Waals surface area contributed by atoms with E-state index in [1.807, 2.05) is 37.3 Å². The van der Waals surface area contributed by atoms with Crippen molar-refractivity contribution in [3.8, 4) is 0 Å². The average Bonchev–Trinajstić information content (AvgIpc) is 2.76. The summed E-state index contributed by atoms with van der Waals surface area (Å²) < 4.78 is 28.6. The first-order valence-electron chi connectivity index (χ1n) is 9.54. The summed E-state index contributed by atoms with van der Waals surface area (Å²) in [5.41, 5.74) is 1.57. The highest BCUT2D eigenvalue weighted by Gasteiger charge is 2.26. The highest BCUT2D eigenvalue weighted by molar-refractivity contribution is 7.89. The van der Waals surface area contributed by atoms with E-state index in [9.17, 15) is 18.0 Å². The van der Waals surface area contributed by atoms with E-state index in [0.717, 1.165) is 16.7 Å². The van der Waals surface area contributed by atoms with Gasteiger partial charge in [0.25, 0.3) is 0 Å². The molecule has 2 heterocycles. The molecule has 2 N–H and O–H groups in total. The molecule has 4 rings (SSSR count).